The molecule has 1 N–H and O–H groups in total. The van der Waals surface area contributed by atoms with Gasteiger partial charge in [0.25, 0.3) is 0 Å². The molecular formula is C25H23N5. The Kier molecular flexibility index (Phi) is 4.85. The van der Waals surface area contributed by atoms with Crippen LogP contribution in [0.2, 0.25) is 0 Å². The number of fused-ring (bicyclic) bond motifs is 1. The zero-order valence-electron chi connectivity index (χ0n) is 16.9. The summed E-state index contributed by atoms with van der Waals surface area (Å²) in [5, 5.41) is 3.46. The van der Waals surface area contributed by atoms with Crippen molar-refractivity contribution in [2.45, 2.75) is 25.9 Å². The number of rotatable bonds is 5. The number of para-hydroxylation sites is 1. The smallest absolute Gasteiger partial charge is 0.163 e. The topological polar surface area (TPSA) is 53.9 Å². The van der Waals surface area contributed by atoms with E-state index in [9.17, 15) is 0 Å². The average Bonchev–Trinajstić information content (AvgIpc) is 3.14. The van der Waals surface area contributed by atoms with Crippen molar-refractivity contribution in [1.29, 1.82) is 0 Å². The zero-order chi connectivity index (χ0) is 20.3. The average molecular weight is 393 g/mol. The van der Waals surface area contributed by atoms with E-state index < -0.39 is 0 Å². The minimum absolute atomic E-state index is 0.340. The van der Waals surface area contributed by atoms with Crippen LogP contribution in [0.1, 0.15) is 18.1 Å². The Labute approximate surface area is 176 Å². The van der Waals surface area contributed by atoms with E-state index >= 15 is 0 Å². The number of nitrogens with one attached hydrogen (secondary N) is 1. The first-order valence-electron chi connectivity index (χ1n) is 10.2. The summed E-state index contributed by atoms with van der Waals surface area (Å²) in [6, 6.07) is 25.1. The van der Waals surface area contributed by atoms with Crippen LogP contribution in [0.25, 0.3) is 11.4 Å². The van der Waals surface area contributed by atoms with Gasteiger partial charge in [-0.25, -0.2) is 9.97 Å². The fourth-order valence-corrected chi connectivity index (χ4v) is 3.97. The van der Waals surface area contributed by atoms with Crippen LogP contribution in [0, 0.1) is 0 Å². The van der Waals surface area contributed by atoms with Gasteiger partial charge in [-0.1, -0.05) is 54.6 Å². The van der Waals surface area contributed by atoms with Gasteiger partial charge in [0.15, 0.2) is 5.82 Å². The first kappa shape index (κ1) is 18.3. The van der Waals surface area contributed by atoms with E-state index in [2.05, 4.69) is 52.5 Å². The quantitative estimate of drug-likeness (QED) is 0.503. The number of hydrogen-bond donors (Lipinski definition) is 1. The highest BCUT2D eigenvalue weighted by Crippen LogP contribution is 2.38. The second-order valence-electron chi connectivity index (χ2n) is 7.57. The normalized spacial score (nSPS) is 15.1. The highest BCUT2D eigenvalue weighted by atomic mass is 15.2. The van der Waals surface area contributed by atoms with E-state index in [1.165, 1.54) is 11.3 Å². The Morgan fingerprint density at radius 2 is 1.80 bits per heavy atom. The summed E-state index contributed by atoms with van der Waals surface area (Å²) in [6.45, 7) is 2.90. The molecule has 5 rings (SSSR count). The summed E-state index contributed by atoms with van der Waals surface area (Å²) < 4.78 is 0. The van der Waals surface area contributed by atoms with Gasteiger partial charge < -0.3 is 10.2 Å². The van der Waals surface area contributed by atoms with Crippen LogP contribution < -0.4 is 10.2 Å². The lowest BCUT2D eigenvalue weighted by molar-refractivity contribution is 0.749. The zero-order valence-corrected chi connectivity index (χ0v) is 16.9. The molecule has 0 saturated heterocycles. The van der Waals surface area contributed by atoms with E-state index in [-0.39, 0.29) is 0 Å². The fraction of sp³-hybridized carbons (Fsp3) is 0.160. The molecule has 0 spiro atoms. The van der Waals surface area contributed by atoms with Crippen LogP contribution in [0.5, 0.6) is 0 Å². The molecule has 0 bridgehead atoms. The van der Waals surface area contributed by atoms with Crippen LogP contribution in [-0.2, 0) is 13.0 Å². The van der Waals surface area contributed by atoms with Crippen LogP contribution in [0.15, 0.2) is 85.2 Å². The second kappa shape index (κ2) is 7.95. The number of hydrogen-bond acceptors (Lipinski definition) is 5. The van der Waals surface area contributed by atoms with Crippen molar-refractivity contribution in [2.75, 3.05) is 10.2 Å². The van der Waals surface area contributed by atoms with Gasteiger partial charge in [0.2, 0.25) is 0 Å². The molecule has 2 aromatic heterocycles. The highest BCUT2D eigenvalue weighted by Gasteiger charge is 2.28. The Morgan fingerprint density at radius 3 is 2.63 bits per heavy atom. The van der Waals surface area contributed by atoms with Gasteiger partial charge in [-0.2, -0.15) is 0 Å². The molecule has 3 heterocycles. The first-order chi connectivity index (χ1) is 14.8. The fourth-order valence-electron chi connectivity index (χ4n) is 3.97. The Balaban J connectivity index is 1.55. The van der Waals surface area contributed by atoms with E-state index in [1.54, 1.807) is 6.20 Å². The van der Waals surface area contributed by atoms with Gasteiger partial charge in [-0.3, -0.25) is 4.98 Å². The molecule has 4 aromatic rings. The molecule has 0 aliphatic carbocycles. The van der Waals surface area contributed by atoms with Crippen molar-refractivity contribution in [1.82, 2.24) is 15.0 Å². The molecule has 1 atom stereocenters. The van der Waals surface area contributed by atoms with Gasteiger partial charge in [-0.15, -0.1) is 0 Å². The molecule has 0 fully saturated rings. The molecule has 5 nitrogen and oxygen atoms in total. The SMILES string of the molecule is CC1Cc2ccccc2N1c1cc(NCc2cccnc2)nc(-c2ccccc2)n1. The third kappa shape index (κ3) is 3.62. The molecule has 1 unspecified atom stereocenters. The van der Waals surface area contributed by atoms with Crippen molar-refractivity contribution in [3.05, 3.63) is 96.3 Å². The lowest BCUT2D eigenvalue weighted by atomic mass is 10.1. The number of aromatic nitrogens is 3. The Hall–Kier alpha value is -3.73. The summed E-state index contributed by atoms with van der Waals surface area (Å²) in [4.78, 5) is 16.3. The van der Waals surface area contributed by atoms with Crippen molar-refractivity contribution >= 4 is 17.3 Å². The van der Waals surface area contributed by atoms with E-state index in [0.717, 1.165) is 35.0 Å². The number of pyridine rings is 1. The summed E-state index contributed by atoms with van der Waals surface area (Å²) in [5.74, 6) is 2.44. The predicted molar refractivity (Wildman–Crippen MR) is 121 cm³/mol. The van der Waals surface area contributed by atoms with Gasteiger partial charge >= 0.3 is 0 Å². The number of nitrogens with zero attached hydrogens (tertiary/aromatic N) is 4. The molecular weight excluding hydrogens is 370 g/mol. The van der Waals surface area contributed by atoms with Crippen LogP contribution in [-0.4, -0.2) is 21.0 Å². The lowest BCUT2D eigenvalue weighted by Crippen LogP contribution is -2.25. The number of anilines is 3. The molecule has 0 radical (unpaired) electrons. The summed E-state index contributed by atoms with van der Waals surface area (Å²) in [7, 11) is 0. The molecule has 0 saturated carbocycles. The largest absolute Gasteiger partial charge is 0.366 e. The maximum absolute atomic E-state index is 4.95. The van der Waals surface area contributed by atoms with Gasteiger partial charge in [0.05, 0.1) is 0 Å². The molecule has 0 amide bonds. The van der Waals surface area contributed by atoms with Crippen molar-refractivity contribution in [2.24, 2.45) is 0 Å². The van der Waals surface area contributed by atoms with Crippen molar-refractivity contribution in [3.8, 4) is 11.4 Å². The molecule has 1 aliphatic rings. The monoisotopic (exact) mass is 393 g/mol. The molecule has 30 heavy (non-hydrogen) atoms. The van der Waals surface area contributed by atoms with Gasteiger partial charge in [0.1, 0.15) is 11.6 Å². The third-order valence-corrected chi connectivity index (χ3v) is 5.40. The van der Waals surface area contributed by atoms with Crippen molar-refractivity contribution in [3.63, 3.8) is 0 Å². The van der Waals surface area contributed by atoms with Gasteiger partial charge in [0, 0.05) is 42.3 Å². The van der Waals surface area contributed by atoms with Crippen LogP contribution >= 0.6 is 0 Å². The molecule has 1 aliphatic heterocycles. The molecule has 2 aromatic carbocycles. The maximum atomic E-state index is 4.95. The van der Waals surface area contributed by atoms with Crippen LogP contribution in [0.4, 0.5) is 17.3 Å². The Morgan fingerprint density at radius 1 is 0.967 bits per heavy atom. The van der Waals surface area contributed by atoms with Crippen LogP contribution in [0.3, 0.4) is 0 Å². The second-order valence-corrected chi connectivity index (χ2v) is 7.57. The van der Waals surface area contributed by atoms with Crippen molar-refractivity contribution < 1.29 is 0 Å². The van der Waals surface area contributed by atoms with Gasteiger partial charge in [-0.05, 0) is 36.6 Å². The Bertz CT molecular complexity index is 1140. The summed E-state index contributed by atoms with van der Waals surface area (Å²) in [6.07, 6.45) is 4.66. The number of benzene rings is 2. The van der Waals surface area contributed by atoms with E-state index in [4.69, 9.17) is 9.97 Å². The van der Waals surface area contributed by atoms with E-state index in [1.807, 2.05) is 48.7 Å². The summed E-state index contributed by atoms with van der Waals surface area (Å²) >= 11 is 0. The molecule has 148 valence electrons. The predicted octanol–water partition coefficient (Wildman–Crippen LogP) is 5.23. The highest BCUT2D eigenvalue weighted by molar-refractivity contribution is 5.72. The lowest BCUT2D eigenvalue weighted by Gasteiger charge is -2.25. The standard InChI is InChI=1S/C25H23N5/c1-18-14-21-11-5-6-12-22(21)30(18)24-15-23(27-17-19-8-7-13-26-16-19)28-25(29-24)20-9-3-2-4-10-20/h2-13,15-16,18H,14,17H2,1H3,(H,27,28,29). The molecule has 5 heteroatoms. The summed E-state index contributed by atoms with van der Waals surface area (Å²) in [5.41, 5.74) is 4.69. The first-order valence-corrected chi connectivity index (χ1v) is 10.2. The third-order valence-electron chi connectivity index (χ3n) is 5.40. The minimum Gasteiger partial charge on any atom is -0.366 e. The maximum Gasteiger partial charge on any atom is 0.163 e. The minimum atomic E-state index is 0.340. The van der Waals surface area contributed by atoms with E-state index in [0.29, 0.717) is 12.6 Å².